The zero-order valence-corrected chi connectivity index (χ0v) is 10.3. The molecule has 2 rings (SSSR count). The number of aromatic nitrogens is 1. The van der Waals surface area contributed by atoms with E-state index in [4.69, 9.17) is 0 Å². The zero-order valence-electron chi connectivity index (χ0n) is 10.3. The number of pyridine rings is 1. The van der Waals surface area contributed by atoms with Crippen LogP contribution in [0.1, 0.15) is 32.6 Å². The molecule has 0 aliphatic heterocycles. The first kappa shape index (κ1) is 11.5. The lowest BCUT2D eigenvalue weighted by molar-refractivity contribution is 0.103. The van der Waals surface area contributed by atoms with Crippen molar-refractivity contribution in [3.63, 3.8) is 0 Å². The van der Waals surface area contributed by atoms with E-state index in [0.29, 0.717) is 0 Å². The molecule has 86 valence electrons. The number of aryl methyl sites for hydroxylation is 3. The first-order valence-corrected chi connectivity index (χ1v) is 5.62. The molecule has 2 nitrogen and oxygen atoms in total. The van der Waals surface area contributed by atoms with Crippen LogP contribution in [0.5, 0.6) is 0 Å². The normalized spacial score (nSPS) is 10.3. The van der Waals surface area contributed by atoms with Crippen LogP contribution in [0.2, 0.25) is 0 Å². The fourth-order valence-electron chi connectivity index (χ4n) is 1.94. The second kappa shape index (κ2) is 4.50. The minimum Gasteiger partial charge on any atom is -0.289 e. The van der Waals surface area contributed by atoms with E-state index in [-0.39, 0.29) is 5.78 Å². The molecule has 1 aromatic heterocycles. The number of benzene rings is 1. The Morgan fingerprint density at radius 3 is 2.35 bits per heavy atom. The number of hydrogen-bond acceptors (Lipinski definition) is 2. The van der Waals surface area contributed by atoms with E-state index in [1.54, 1.807) is 18.5 Å². The Kier molecular flexibility index (Phi) is 3.05. The topological polar surface area (TPSA) is 30.0 Å². The van der Waals surface area contributed by atoms with Gasteiger partial charge in [-0.1, -0.05) is 23.8 Å². The molecule has 0 radical (unpaired) electrons. The lowest BCUT2D eigenvalue weighted by Crippen LogP contribution is -2.06. The summed E-state index contributed by atoms with van der Waals surface area (Å²) in [6.07, 6.45) is 3.38. The highest BCUT2D eigenvalue weighted by Crippen LogP contribution is 2.17. The minimum atomic E-state index is 0.0717. The molecule has 1 aromatic carbocycles. The first-order valence-electron chi connectivity index (χ1n) is 5.62. The second-order valence-electron chi connectivity index (χ2n) is 4.34. The van der Waals surface area contributed by atoms with Gasteiger partial charge in [-0.05, 0) is 38.0 Å². The molecule has 0 atom stereocenters. The van der Waals surface area contributed by atoms with Crippen molar-refractivity contribution in [2.24, 2.45) is 0 Å². The molecule has 0 fully saturated rings. The van der Waals surface area contributed by atoms with Gasteiger partial charge in [0, 0.05) is 23.5 Å². The van der Waals surface area contributed by atoms with Crippen molar-refractivity contribution in [1.82, 2.24) is 4.98 Å². The molecule has 17 heavy (non-hydrogen) atoms. The summed E-state index contributed by atoms with van der Waals surface area (Å²) in [5.41, 5.74) is 4.60. The minimum absolute atomic E-state index is 0.0717. The average molecular weight is 225 g/mol. The van der Waals surface area contributed by atoms with E-state index < -0.39 is 0 Å². The van der Waals surface area contributed by atoms with E-state index >= 15 is 0 Å². The van der Waals surface area contributed by atoms with E-state index in [9.17, 15) is 4.79 Å². The smallest absolute Gasteiger partial charge is 0.193 e. The van der Waals surface area contributed by atoms with Gasteiger partial charge in [0.25, 0.3) is 0 Å². The maximum absolute atomic E-state index is 12.4. The third-order valence-corrected chi connectivity index (χ3v) is 2.89. The Morgan fingerprint density at radius 2 is 1.71 bits per heavy atom. The maximum Gasteiger partial charge on any atom is 0.193 e. The monoisotopic (exact) mass is 225 g/mol. The van der Waals surface area contributed by atoms with Crippen molar-refractivity contribution in [2.75, 3.05) is 0 Å². The van der Waals surface area contributed by atoms with Gasteiger partial charge in [-0.25, -0.2) is 0 Å². The van der Waals surface area contributed by atoms with Gasteiger partial charge in [-0.3, -0.25) is 9.78 Å². The molecule has 1 heterocycles. The predicted molar refractivity (Wildman–Crippen MR) is 68.3 cm³/mol. The van der Waals surface area contributed by atoms with Crippen LogP contribution in [-0.2, 0) is 0 Å². The second-order valence-corrected chi connectivity index (χ2v) is 4.34. The molecular weight excluding hydrogens is 210 g/mol. The van der Waals surface area contributed by atoms with Crippen molar-refractivity contribution >= 4 is 5.78 Å². The highest BCUT2D eigenvalue weighted by Gasteiger charge is 2.13. The Bertz CT molecular complexity index is 573. The third kappa shape index (κ3) is 2.26. The van der Waals surface area contributed by atoms with Gasteiger partial charge in [0.1, 0.15) is 0 Å². The number of rotatable bonds is 2. The number of hydrogen-bond donors (Lipinski definition) is 0. The Labute approximate surface area is 101 Å². The van der Waals surface area contributed by atoms with Crippen molar-refractivity contribution < 1.29 is 4.79 Å². The van der Waals surface area contributed by atoms with Crippen LogP contribution in [0.15, 0.2) is 36.7 Å². The molecule has 0 bridgehead atoms. The van der Waals surface area contributed by atoms with Crippen molar-refractivity contribution in [3.8, 4) is 0 Å². The molecular formula is C15H15NO. The van der Waals surface area contributed by atoms with Crippen LogP contribution < -0.4 is 0 Å². The number of carbonyl (C=O) groups is 1. The molecule has 0 unspecified atom stereocenters. The predicted octanol–water partition coefficient (Wildman–Crippen LogP) is 3.24. The molecule has 0 aliphatic rings. The highest BCUT2D eigenvalue weighted by atomic mass is 16.1. The summed E-state index contributed by atoms with van der Waals surface area (Å²) in [6, 6.07) is 7.67. The Hall–Kier alpha value is -1.96. The molecule has 0 saturated carbocycles. The van der Waals surface area contributed by atoms with Crippen LogP contribution >= 0.6 is 0 Å². The van der Waals surface area contributed by atoms with Gasteiger partial charge < -0.3 is 0 Å². The van der Waals surface area contributed by atoms with Crippen LogP contribution in [0.4, 0.5) is 0 Å². The van der Waals surface area contributed by atoms with E-state index in [2.05, 4.69) is 4.98 Å². The lowest BCUT2D eigenvalue weighted by Gasteiger charge is -2.07. The van der Waals surface area contributed by atoms with Crippen LogP contribution in [-0.4, -0.2) is 10.8 Å². The maximum atomic E-state index is 12.4. The van der Waals surface area contributed by atoms with Gasteiger partial charge in [0.15, 0.2) is 5.78 Å². The first-order chi connectivity index (χ1) is 8.09. The third-order valence-electron chi connectivity index (χ3n) is 2.89. The fourth-order valence-corrected chi connectivity index (χ4v) is 1.94. The van der Waals surface area contributed by atoms with E-state index in [1.165, 1.54) is 5.56 Å². The highest BCUT2D eigenvalue weighted by molar-refractivity contribution is 6.10. The number of ketones is 1. The fraction of sp³-hybridized carbons (Fsp3) is 0.200. The van der Waals surface area contributed by atoms with Crippen LogP contribution in [0, 0.1) is 20.8 Å². The molecule has 2 aromatic rings. The van der Waals surface area contributed by atoms with Gasteiger partial charge in [-0.15, -0.1) is 0 Å². The number of nitrogens with zero attached hydrogens (tertiary/aromatic N) is 1. The molecule has 0 aliphatic carbocycles. The largest absolute Gasteiger partial charge is 0.289 e. The molecule has 0 N–H and O–H groups in total. The van der Waals surface area contributed by atoms with Crippen molar-refractivity contribution in [2.45, 2.75) is 20.8 Å². The average Bonchev–Trinajstić information content (AvgIpc) is 2.29. The Balaban J connectivity index is 2.48. The van der Waals surface area contributed by atoms with Crippen molar-refractivity contribution in [1.29, 1.82) is 0 Å². The summed E-state index contributed by atoms with van der Waals surface area (Å²) in [6.45, 7) is 5.90. The van der Waals surface area contributed by atoms with E-state index in [0.717, 1.165) is 22.3 Å². The molecule has 2 heteroatoms. The summed E-state index contributed by atoms with van der Waals surface area (Å²) >= 11 is 0. The van der Waals surface area contributed by atoms with Gasteiger partial charge in [0.2, 0.25) is 0 Å². The summed E-state index contributed by atoms with van der Waals surface area (Å²) in [5.74, 6) is 0.0717. The lowest BCUT2D eigenvalue weighted by atomic mass is 9.96. The van der Waals surface area contributed by atoms with Crippen LogP contribution in [0.3, 0.4) is 0 Å². The summed E-state index contributed by atoms with van der Waals surface area (Å²) in [5, 5.41) is 0. The summed E-state index contributed by atoms with van der Waals surface area (Å²) < 4.78 is 0. The van der Waals surface area contributed by atoms with Crippen LogP contribution in [0.25, 0.3) is 0 Å². The van der Waals surface area contributed by atoms with Crippen molar-refractivity contribution in [3.05, 3.63) is 64.5 Å². The Morgan fingerprint density at radius 1 is 1.00 bits per heavy atom. The van der Waals surface area contributed by atoms with Gasteiger partial charge in [-0.2, -0.15) is 0 Å². The quantitative estimate of drug-likeness (QED) is 0.734. The molecule has 0 spiro atoms. The standard InChI is InChI=1S/C15H15NO/c1-10-4-5-13(11(2)8-10)15(17)14-6-7-16-9-12(14)3/h4-9H,1-3H3. The SMILES string of the molecule is Cc1ccc(C(=O)c2ccncc2C)c(C)c1. The van der Waals surface area contributed by atoms with Gasteiger partial charge >= 0.3 is 0 Å². The van der Waals surface area contributed by atoms with Gasteiger partial charge in [0.05, 0.1) is 0 Å². The number of carbonyl (C=O) groups excluding carboxylic acids is 1. The summed E-state index contributed by atoms with van der Waals surface area (Å²) in [4.78, 5) is 16.4. The van der Waals surface area contributed by atoms with E-state index in [1.807, 2.05) is 39.0 Å². The molecule has 0 saturated heterocycles. The molecule has 0 amide bonds. The summed E-state index contributed by atoms with van der Waals surface area (Å²) in [7, 11) is 0. The zero-order chi connectivity index (χ0) is 12.4.